The predicted molar refractivity (Wildman–Crippen MR) is 127 cm³/mol. The number of hydrogen-bond acceptors (Lipinski definition) is 8. The third kappa shape index (κ3) is 5.15. The van der Waals surface area contributed by atoms with Crippen LogP contribution in [0.4, 0.5) is 11.1 Å². The molecular weight excluding hydrogens is 452 g/mol. The van der Waals surface area contributed by atoms with E-state index < -0.39 is 5.97 Å². The summed E-state index contributed by atoms with van der Waals surface area (Å²) in [5.41, 5.74) is 2.48. The number of thiazole rings is 1. The molecule has 0 aliphatic carbocycles. The molecule has 2 heterocycles. The van der Waals surface area contributed by atoms with Crippen LogP contribution in [0.1, 0.15) is 28.7 Å². The van der Waals surface area contributed by atoms with Crippen LogP contribution in [0.15, 0.2) is 53.4 Å². The fourth-order valence-electron chi connectivity index (χ4n) is 2.97. The summed E-state index contributed by atoms with van der Waals surface area (Å²) in [6, 6.07) is 15.4. The first-order valence-electron chi connectivity index (χ1n) is 9.59. The first-order chi connectivity index (χ1) is 15.0. The molecule has 6 nitrogen and oxygen atoms in total. The molecule has 0 atom stereocenters. The van der Waals surface area contributed by atoms with E-state index in [0.717, 1.165) is 15.1 Å². The summed E-state index contributed by atoms with van der Waals surface area (Å²) in [5, 5.41) is 4.56. The van der Waals surface area contributed by atoms with Crippen LogP contribution in [0.25, 0.3) is 10.2 Å². The first kappa shape index (κ1) is 21.5. The van der Waals surface area contributed by atoms with E-state index in [2.05, 4.69) is 20.3 Å². The molecule has 0 bridgehead atoms. The van der Waals surface area contributed by atoms with Crippen molar-refractivity contribution < 1.29 is 9.53 Å². The van der Waals surface area contributed by atoms with Gasteiger partial charge >= 0.3 is 5.97 Å². The largest absolute Gasteiger partial charge is 0.462 e. The molecule has 2 aromatic heterocycles. The number of nitrogens with one attached hydrogen (secondary N) is 1. The van der Waals surface area contributed by atoms with E-state index in [4.69, 9.17) is 16.3 Å². The SMILES string of the molecule is CCOC(=O)c1c(C)nc(Nc2nc3ccccc3s2)nc1CSc1ccc(Cl)cc1. The molecule has 4 aromatic rings. The second-order valence-corrected chi connectivity index (χ2v) is 9.04. The monoisotopic (exact) mass is 470 g/mol. The van der Waals surface area contributed by atoms with Crippen LogP contribution in [0.3, 0.4) is 0 Å². The Kier molecular flexibility index (Phi) is 6.70. The number of anilines is 2. The van der Waals surface area contributed by atoms with Crippen LogP contribution < -0.4 is 5.32 Å². The Bertz CT molecular complexity index is 1200. The van der Waals surface area contributed by atoms with Gasteiger partial charge in [0.05, 0.1) is 28.2 Å². The quantitative estimate of drug-likeness (QED) is 0.252. The molecule has 0 fully saturated rings. The second-order valence-electron chi connectivity index (χ2n) is 6.53. The molecule has 0 spiro atoms. The Morgan fingerprint density at radius 2 is 1.90 bits per heavy atom. The van der Waals surface area contributed by atoms with Crippen molar-refractivity contribution in [3.63, 3.8) is 0 Å². The van der Waals surface area contributed by atoms with Crippen LogP contribution in [0, 0.1) is 6.92 Å². The van der Waals surface area contributed by atoms with Crippen molar-refractivity contribution in [3.05, 3.63) is 70.5 Å². The molecule has 158 valence electrons. The van der Waals surface area contributed by atoms with E-state index in [-0.39, 0.29) is 6.61 Å². The number of carbonyl (C=O) groups is 1. The number of esters is 1. The third-order valence-electron chi connectivity index (χ3n) is 4.35. The number of halogens is 1. The van der Waals surface area contributed by atoms with E-state index in [1.54, 1.807) is 25.6 Å². The summed E-state index contributed by atoms with van der Waals surface area (Å²) in [4.78, 5) is 27.3. The average Bonchev–Trinajstić information content (AvgIpc) is 3.15. The van der Waals surface area contributed by atoms with Gasteiger partial charge in [-0.2, -0.15) is 0 Å². The zero-order valence-electron chi connectivity index (χ0n) is 16.9. The highest BCUT2D eigenvalue weighted by atomic mass is 35.5. The predicted octanol–water partition coefficient (Wildman–Crippen LogP) is 6.26. The number of rotatable bonds is 7. The van der Waals surface area contributed by atoms with Gasteiger partial charge in [-0.1, -0.05) is 35.1 Å². The topological polar surface area (TPSA) is 77.0 Å². The van der Waals surface area contributed by atoms with Gasteiger partial charge in [0, 0.05) is 15.7 Å². The average molecular weight is 471 g/mol. The zero-order chi connectivity index (χ0) is 21.8. The Labute approximate surface area is 193 Å². The minimum absolute atomic E-state index is 0.285. The highest BCUT2D eigenvalue weighted by Gasteiger charge is 2.20. The van der Waals surface area contributed by atoms with Gasteiger partial charge in [-0.25, -0.2) is 19.7 Å². The molecule has 2 aromatic carbocycles. The van der Waals surface area contributed by atoms with Crippen molar-refractivity contribution in [2.24, 2.45) is 0 Å². The Morgan fingerprint density at radius 3 is 2.65 bits per heavy atom. The number of carbonyl (C=O) groups excluding carboxylic acids is 1. The van der Waals surface area contributed by atoms with Crippen LogP contribution >= 0.6 is 34.7 Å². The van der Waals surface area contributed by atoms with Crippen molar-refractivity contribution in [1.82, 2.24) is 15.0 Å². The first-order valence-corrected chi connectivity index (χ1v) is 11.8. The van der Waals surface area contributed by atoms with E-state index in [1.165, 1.54) is 11.3 Å². The van der Waals surface area contributed by atoms with Crippen LogP contribution in [-0.2, 0) is 10.5 Å². The Balaban J connectivity index is 1.64. The fraction of sp³-hybridized carbons (Fsp3) is 0.182. The van der Waals surface area contributed by atoms with Crippen LogP contribution in [0.5, 0.6) is 0 Å². The van der Waals surface area contributed by atoms with Crippen molar-refractivity contribution in [2.75, 3.05) is 11.9 Å². The molecule has 0 saturated heterocycles. The van der Waals surface area contributed by atoms with E-state index in [9.17, 15) is 4.79 Å². The zero-order valence-corrected chi connectivity index (χ0v) is 19.3. The normalized spacial score (nSPS) is 10.9. The van der Waals surface area contributed by atoms with Gasteiger partial charge in [0.15, 0.2) is 5.13 Å². The number of hydrogen-bond donors (Lipinski definition) is 1. The van der Waals surface area contributed by atoms with Gasteiger partial charge in [-0.15, -0.1) is 11.8 Å². The lowest BCUT2D eigenvalue weighted by Gasteiger charge is -2.12. The maximum absolute atomic E-state index is 12.6. The van der Waals surface area contributed by atoms with Crippen LogP contribution in [0.2, 0.25) is 5.02 Å². The summed E-state index contributed by atoms with van der Waals surface area (Å²) in [6.45, 7) is 3.85. The highest BCUT2D eigenvalue weighted by Crippen LogP contribution is 2.30. The van der Waals surface area contributed by atoms with Gasteiger partial charge in [0.25, 0.3) is 0 Å². The van der Waals surface area contributed by atoms with Gasteiger partial charge < -0.3 is 4.74 Å². The minimum Gasteiger partial charge on any atom is -0.462 e. The van der Waals surface area contributed by atoms with Crippen molar-refractivity contribution in [3.8, 4) is 0 Å². The third-order valence-corrected chi connectivity index (χ3v) is 6.57. The Morgan fingerprint density at radius 1 is 1.13 bits per heavy atom. The summed E-state index contributed by atoms with van der Waals surface area (Å²) < 4.78 is 6.31. The molecule has 1 N–H and O–H groups in total. The lowest BCUT2D eigenvalue weighted by Crippen LogP contribution is -2.14. The molecule has 0 aliphatic rings. The summed E-state index contributed by atoms with van der Waals surface area (Å²) >= 11 is 9.06. The van der Waals surface area contributed by atoms with Gasteiger partial charge in [0.2, 0.25) is 5.95 Å². The van der Waals surface area contributed by atoms with Gasteiger partial charge in [0.1, 0.15) is 5.56 Å². The standard InChI is InChI=1S/C22H19ClN4O2S2/c1-3-29-20(28)19-13(2)24-21(27-22-26-16-6-4-5-7-18(16)31-22)25-17(19)12-30-15-10-8-14(23)9-11-15/h4-11H,3,12H2,1-2H3,(H,24,25,26,27). The van der Waals surface area contributed by atoms with E-state index in [0.29, 0.717) is 38.8 Å². The number of aryl methyl sites for hydroxylation is 1. The number of nitrogens with zero attached hydrogens (tertiary/aromatic N) is 3. The van der Waals surface area contributed by atoms with Crippen molar-refractivity contribution >= 4 is 62.0 Å². The number of para-hydroxylation sites is 1. The molecular formula is C22H19ClN4O2S2. The van der Waals surface area contributed by atoms with Crippen molar-refractivity contribution in [1.29, 1.82) is 0 Å². The molecule has 31 heavy (non-hydrogen) atoms. The lowest BCUT2D eigenvalue weighted by molar-refractivity contribution is 0.0523. The number of fused-ring (bicyclic) bond motifs is 1. The molecule has 9 heteroatoms. The summed E-state index contributed by atoms with van der Waals surface area (Å²) in [6.07, 6.45) is 0. The van der Waals surface area contributed by atoms with Gasteiger partial charge in [-0.05, 0) is 50.2 Å². The lowest BCUT2D eigenvalue weighted by atomic mass is 10.2. The molecule has 0 amide bonds. The smallest absolute Gasteiger partial charge is 0.341 e. The summed E-state index contributed by atoms with van der Waals surface area (Å²) in [7, 11) is 0. The highest BCUT2D eigenvalue weighted by molar-refractivity contribution is 7.98. The van der Waals surface area contributed by atoms with Gasteiger partial charge in [-0.3, -0.25) is 5.32 Å². The summed E-state index contributed by atoms with van der Waals surface area (Å²) in [5.74, 6) is 0.461. The maximum Gasteiger partial charge on any atom is 0.341 e. The minimum atomic E-state index is -0.418. The Hall–Kier alpha value is -2.68. The van der Waals surface area contributed by atoms with E-state index in [1.807, 2.05) is 48.5 Å². The molecule has 0 saturated carbocycles. The second kappa shape index (κ2) is 9.64. The molecule has 4 rings (SSSR count). The number of benzene rings is 2. The van der Waals surface area contributed by atoms with E-state index >= 15 is 0 Å². The number of aromatic nitrogens is 3. The molecule has 0 unspecified atom stereocenters. The van der Waals surface area contributed by atoms with Crippen LogP contribution in [-0.4, -0.2) is 27.5 Å². The fourth-order valence-corrected chi connectivity index (χ4v) is 4.79. The number of ether oxygens (including phenoxy) is 1. The number of thioether (sulfide) groups is 1. The molecule has 0 aliphatic heterocycles. The maximum atomic E-state index is 12.6. The van der Waals surface area contributed by atoms with Crippen molar-refractivity contribution in [2.45, 2.75) is 24.5 Å². The molecule has 0 radical (unpaired) electrons.